The predicted molar refractivity (Wildman–Crippen MR) is 109 cm³/mol. The molecule has 2 amide bonds. The van der Waals surface area contributed by atoms with Gasteiger partial charge in [0.1, 0.15) is 11.9 Å². The van der Waals surface area contributed by atoms with E-state index in [1.807, 2.05) is 0 Å². The van der Waals surface area contributed by atoms with Crippen molar-refractivity contribution >= 4 is 29.1 Å². The zero-order chi connectivity index (χ0) is 20.2. The van der Waals surface area contributed by atoms with Crippen LogP contribution in [-0.2, 0) is 0 Å². The average Bonchev–Trinajstić information content (AvgIpc) is 3.17. The molecule has 1 aromatic carbocycles. The maximum absolute atomic E-state index is 12.3. The Morgan fingerprint density at radius 1 is 1.21 bits per heavy atom. The van der Waals surface area contributed by atoms with Crippen LogP contribution in [0.5, 0.6) is 11.5 Å². The zero-order valence-corrected chi connectivity index (χ0v) is 15.6. The van der Waals surface area contributed by atoms with E-state index in [4.69, 9.17) is 9.47 Å². The molecule has 0 radical (unpaired) electrons. The van der Waals surface area contributed by atoms with E-state index in [1.54, 1.807) is 55.6 Å². The van der Waals surface area contributed by atoms with Crippen LogP contribution in [0.1, 0.15) is 19.0 Å². The number of benzene rings is 1. The third-order valence-corrected chi connectivity index (χ3v) is 4.24. The Morgan fingerprint density at radius 3 is 2.93 bits per heavy atom. The molecule has 148 valence electrons. The first kappa shape index (κ1) is 18.6. The highest BCUT2D eigenvalue weighted by atomic mass is 16.7. The van der Waals surface area contributed by atoms with Crippen molar-refractivity contribution in [3.8, 4) is 11.5 Å². The number of hydrogen-bond donors (Lipinski definition) is 3. The van der Waals surface area contributed by atoms with Gasteiger partial charge in [0, 0.05) is 24.4 Å². The summed E-state index contributed by atoms with van der Waals surface area (Å²) in [7, 11) is 0. The fourth-order valence-electron chi connectivity index (χ4n) is 2.80. The summed E-state index contributed by atoms with van der Waals surface area (Å²) in [5.41, 5.74) is 1.71. The largest absolute Gasteiger partial charge is 0.454 e. The first-order valence-electron chi connectivity index (χ1n) is 8.99. The van der Waals surface area contributed by atoms with Crippen molar-refractivity contribution in [2.75, 3.05) is 17.4 Å². The summed E-state index contributed by atoms with van der Waals surface area (Å²) in [4.78, 5) is 25.1. The Balaban J connectivity index is 1.44. The molecule has 4 rings (SSSR count). The number of aromatic nitrogens is 1. The summed E-state index contributed by atoms with van der Waals surface area (Å²) in [5, 5.41) is 15.4. The Labute approximate surface area is 166 Å². The van der Waals surface area contributed by atoms with E-state index in [0.717, 1.165) is 0 Å². The van der Waals surface area contributed by atoms with Gasteiger partial charge in [-0.3, -0.25) is 5.32 Å². The molecule has 0 aliphatic carbocycles. The monoisotopic (exact) mass is 393 g/mol. The lowest BCUT2D eigenvalue weighted by Gasteiger charge is -2.12. The number of nitrogens with zero attached hydrogens (tertiary/aromatic N) is 3. The Morgan fingerprint density at radius 2 is 2.07 bits per heavy atom. The van der Waals surface area contributed by atoms with Crippen molar-refractivity contribution < 1.29 is 19.4 Å². The second-order valence-corrected chi connectivity index (χ2v) is 6.38. The van der Waals surface area contributed by atoms with Gasteiger partial charge in [-0.2, -0.15) is 0 Å². The number of aliphatic hydroxyl groups excluding tert-OH is 1. The molecule has 0 spiro atoms. The Bertz CT molecular complexity index is 1030. The average molecular weight is 393 g/mol. The molecule has 1 unspecified atom stereocenters. The molecule has 29 heavy (non-hydrogen) atoms. The van der Waals surface area contributed by atoms with Gasteiger partial charge >= 0.3 is 6.03 Å². The van der Waals surface area contributed by atoms with Crippen molar-refractivity contribution in [2.24, 2.45) is 9.98 Å². The number of amides is 2. The van der Waals surface area contributed by atoms with E-state index >= 15 is 0 Å². The number of pyridine rings is 1. The molecule has 2 aromatic rings. The summed E-state index contributed by atoms with van der Waals surface area (Å²) in [6, 6.07) is 9.90. The summed E-state index contributed by atoms with van der Waals surface area (Å²) in [5.74, 6) is 1.92. The molecule has 0 bridgehead atoms. The lowest BCUT2D eigenvalue weighted by molar-refractivity contribution is 0.174. The van der Waals surface area contributed by atoms with Crippen LogP contribution in [0.25, 0.3) is 0 Å². The van der Waals surface area contributed by atoms with E-state index in [0.29, 0.717) is 46.7 Å². The lowest BCUT2D eigenvalue weighted by atomic mass is 10.2. The van der Waals surface area contributed by atoms with Crippen molar-refractivity contribution in [3.63, 3.8) is 0 Å². The van der Waals surface area contributed by atoms with Gasteiger partial charge in [-0.1, -0.05) is 12.1 Å². The number of ether oxygens (including phenoxy) is 2. The van der Waals surface area contributed by atoms with Crippen LogP contribution in [0.3, 0.4) is 0 Å². The number of anilines is 2. The number of urea groups is 1. The standard InChI is InChI=1S/C20H19N5O4/c1-12(22-19-15(26)5-3-9-21-19)14-4-2-6-18(24-14)25-20(27)23-13-7-8-16-17(10-13)29-11-28-16/h2-4,6-10,15,26H,5,11H2,1H3,(H2,23,24,25,27). The number of aliphatic hydroxyl groups is 1. The Kier molecular flexibility index (Phi) is 5.21. The summed E-state index contributed by atoms with van der Waals surface area (Å²) >= 11 is 0. The van der Waals surface area contributed by atoms with Crippen molar-refractivity contribution in [1.82, 2.24) is 4.98 Å². The summed E-state index contributed by atoms with van der Waals surface area (Å²) < 4.78 is 10.6. The molecular weight excluding hydrogens is 374 g/mol. The zero-order valence-electron chi connectivity index (χ0n) is 15.6. The van der Waals surface area contributed by atoms with E-state index in [-0.39, 0.29) is 6.79 Å². The van der Waals surface area contributed by atoms with Crippen LogP contribution >= 0.6 is 0 Å². The van der Waals surface area contributed by atoms with Crippen LogP contribution in [0, 0.1) is 0 Å². The number of rotatable bonds is 3. The minimum atomic E-state index is -0.733. The molecule has 2 aliphatic heterocycles. The number of nitrogens with one attached hydrogen (secondary N) is 2. The highest BCUT2D eigenvalue weighted by Crippen LogP contribution is 2.34. The minimum Gasteiger partial charge on any atom is -0.454 e. The minimum absolute atomic E-state index is 0.169. The quantitative estimate of drug-likeness (QED) is 0.693. The van der Waals surface area contributed by atoms with Crippen LogP contribution in [-0.4, -0.2) is 40.6 Å². The van der Waals surface area contributed by atoms with E-state index in [9.17, 15) is 9.90 Å². The van der Waals surface area contributed by atoms with Gasteiger partial charge in [-0.25, -0.2) is 19.8 Å². The molecule has 1 atom stereocenters. The van der Waals surface area contributed by atoms with Crippen molar-refractivity contribution in [1.29, 1.82) is 0 Å². The van der Waals surface area contributed by atoms with E-state index in [2.05, 4.69) is 25.6 Å². The normalized spacial score (nSPS) is 17.7. The number of amidine groups is 1. The molecule has 0 saturated heterocycles. The van der Waals surface area contributed by atoms with Gasteiger partial charge in [0.2, 0.25) is 6.79 Å². The van der Waals surface area contributed by atoms with Gasteiger partial charge in [-0.15, -0.1) is 0 Å². The van der Waals surface area contributed by atoms with E-state index < -0.39 is 12.1 Å². The number of aliphatic imine (C=N–C) groups is 2. The fraction of sp³-hybridized carbons (Fsp3) is 0.200. The molecule has 9 nitrogen and oxygen atoms in total. The number of carbonyl (C=O) groups is 1. The Hall–Kier alpha value is -3.72. The number of carbonyl (C=O) groups excluding carboxylic acids is 1. The maximum Gasteiger partial charge on any atom is 0.324 e. The molecule has 1 aromatic heterocycles. The van der Waals surface area contributed by atoms with Gasteiger partial charge in [-0.05, 0) is 31.2 Å². The van der Waals surface area contributed by atoms with Gasteiger partial charge in [0.05, 0.1) is 11.4 Å². The first-order chi connectivity index (χ1) is 14.1. The highest BCUT2D eigenvalue weighted by molar-refractivity contribution is 6.07. The third kappa shape index (κ3) is 4.41. The van der Waals surface area contributed by atoms with Crippen LogP contribution in [0.15, 0.2) is 58.7 Å². The van der Waals surface area contributed by atoms with Gasteiger partial charge in [0.25, 0.3) is 0 Å². The fourth-order valence-corrected chi connectivity index (χ4v) is 2.80. The molecule has 2 aliphatic rings. The van der Waals surface area contributed by atoms with Gasteiger partial charge in [0.15, 0.2) is 17.3 Å². The predicted octanol–water partition coefficient (Wildman–Crippen LogP) is 2.94. The second kappa shape index (κ2) is 8.11. The van der Waals surface area contributed by atoms with E-state index in [1.165, 1.54) is 0 Å². The maximum atomic E-state index is 12.3. The van der Waals surface area contributed by atoms with Crippen molar-refractivity contribution in [2.45, 2.75) is 19.4 Å². The molecule has 0 saturated carbocycles. The smallest absolute Gasteiger partial charge is 0.324 e. The number of hydrogen-bond acceptors (Lipinski definition) is 7. The molecule has 3 heterocycles. The van der Waals surface area contributed by atoms with Crippen LogP contribution < -0.4 is 20.1 Å². The lowest BCUT2D eigenvalue weighted by Crippen LogP contribution is -2.22. The third-order valence-electron chi connectivity index (χ3n) is 4.24. The molecule has 0 fully saturated rings. The van der Waals surface area contributed by atoms with Gasteiger partial charge < -0.3 is 19.9 Å². The molecule has 9 heteroatoms. The number of fused-ring (bicyclic) bond motifs is 1. The second-order valence-electron chi connectivity index (χ2n) is 6.38. The molecule has 3 N–H and O–H groups in total. The van der Waals surface area contributed by atoms with Crippen LogP contribution in [0.4, 0.5) is 16.3 Å². The molecular formula is C20H19N5O4. The van der Waals surface area contributed by atoms with Crippen molar-refractivity contribution in [3.05, 3.63) is 54.4 Å². The topological polar surface area (TPSA) is 117 Å². The SMILES string of the molecule is CC(=NC1=NC=CCC1O)c1cccc(NC(=O)Nc2ccc3c(c2)OCO3)n1. The highest BCUT2D eigenvalue weighted by Gasteiger charge is 2.15. The summed E-state index contributed by atoms with van der Waals surface area (Å²) in [6.45, 7) is 1.94. The summed E-state index contributed by atoms with van der Waals surface area (Å²) in [6.07, 6.45) is 3.14. The first-order valence-corrected chi connectivity index (χ1v) is 8.99. The van der Waals surface area contributed by atoms with Crippen LogP contribution in [0.2, 0.25) is 0 Å².